The number of carboxylic acid groups (broad SMARTS) is 1. The number of anilines is 2. The van der Waals surface area contributed by atoms with E-state index in [0.29, 0.717) is 10.8 Å². The quantitative estimate of drug-likeness (QED) is 0.884. The maximum absolute atomic E-state index is 11.2. The highest BCUT2D eigenvalue weighted by Gasteiger charge is 2.19. The SMILES string of the molecule is COCc1nc(N(C)c2ccc(OC)cc2)sc1C(=O)O. The van der Waals surface area contributed by atoms with Crippen LogP contribution in [0.25, 0.3) is 0 Å². The second-order valence-corrected chi connectivity index (χ2v) is 5.24. The summed E-state index contributed by atoms with van der Waals surface area (Å²) in [5.41, 5.74) is 1.33. The van der Waals surface area contributed by atoms with Crippen LogP contribution in [0.2, 0.25) is 0 Å². The van der Waals surface area contributed by atoms with Crippen LogP contribution in [0.5, 0.6) is 5.75 Å². The van der Waals surface area contributed by atoms with Gasteiger partial charge in [0.05, 0.1) is 19.4 Å². The van der Waals surface area contributed by atoms with Crippen molar-refractivity contribution in [2.45, 2.75) is 6.61 Å². The molecule has 0 saturated carbocycles. The normalized spacial score (nSPS) is 10.4. The Morgan fingerprint density at radius 1 is 1.33 bits per heavy atom. The van der Waals surface area contributed by atoms with Gasteiger partial charge in [0.1, 0.15) is 10.6 Å². The van der Waals surface area contributed by atoms with Crippen molar-refractivity contribution in [1.82, 2.24) is 4.98 Å². The van der Waals surface area contributed by atoms with E-state index in [-0.39, 0.29) is 11.5 Å². The molecule has 0 aliphatic rings. The van der Waals surface area contributed by atoms with Crippen LogP contribution in [-0.4, -0.2) is 37.3 Å². The average Bonchev–Trinajstić information content (AvgIpc) is 2.91. The molecule has 0 unspecified atom stereocenters. The number of hydrogen-bond acceptors (Lipinski definition) is 6. The number of carbonyl (C=O) groups is 1. The number of aromatic carboxylic acids is 1. The average molecular weight is 308 g/mol. The second kappa shape index (κ2) is 6.55. The first kappa shape index (κ1) is 15.3. The molecule has 21 heavy (non-hydrogen) atoms. The van der Waals surface area contributed by atoms with Gasteiger partial charge in [-0.25, -0.2) is 9.78 Å². The zero-order valence-electron chi connectivity index (χ0n) is 12.0. The number of carboxylic acids is 1. The fourth-order valence-corrected chi connectivity index (χ4v) is 2.69. The Bertz CT molecular complexity index is 624. The Morgan fingerprint density at radius 3 is 2.52 bits per heavy atom. The Morgan fingerprint density at radius 2 is 2.00 bits per heavy atom. The lowest BCUT2D eigenvalue weighted by atomic mass is 10.3. The molecule has 2 aromatic rings. The van der Waals surface area contributed by atoms with Crippen molar-refractivity contribution in [1.29, 1.82) is 0 Å². The Hall–Kier alpha value is -2.12. The number of hydrogen-bond donors (Lipinski definition) is 1. The van der Waals surface area contributed by atoms with Crippen molar-refractivity contribution >= 4 is 28.1 Å². The van der Waals surface area contributed by atoms with E-state index < -0.39 is 5.97 Å². The number of nitrogens with zero attached hydrogens (tertiary/aromatic N) is 2. The smallest absolute Gasteiger partial charge is 0.347 e. The lowest BCUT2D eigenvalue weighted by molar-refractivity contribution is 0.0697. The topological polar surface area (TPSA) is 71.9 Å². The minimum atomic E-state index is -0.992. The van der Waals surface area contributed by atoms with Crippen LogP contribution in [0.15, 0.2) is 24.3 Å². The standard InChI is InChI=1S/C14H16N2O4S/c1-16(9-4-6-10(20-3)7-5-9)14-15-11(8-19-2)12(21-14)13(17)18/h4-7H,8H2,1-3H3,(H,17,18). The molecule has 0 spiro atoms. The molecule has 0 saturated heterocycles. The van der Waals surface area contributed by atoms with Crippen LogP contribution < -0.4 is 9.64 Å². The fraction of sp³-hybridized carbons (Fsp3) is 0.286. The zero-order valence-corrected chi connectivity index (χ0v) is 12.8. The molecule has 1 aromatic carbocycles. The predicted molar refractivity (Wildman–Crippen MR) is 80.8 cm³/mol. The zero-order chi connectivity index (χ0) is 15.4. The molecule has 1 heterocycles. The molecule has 112 valence electrons. The van der Waals surface area contributed by atoms with Crippen LogP contribution in [-0.2, 0) is 11.3 Å². The van der Waals surface area contributed by atoms with Crippen LogP contribution in [0.1, 0.15) is 15.4 Å². The van der Waals surface area contributed by atoms with E-state index in [2.05, 4.69) is 4.98 Å². The first-order chi connectivity index (χ1) is 10.1. The van der Waals surface area contributed by atoms with Crippen molar-refractivity contribution in [2.75, 3.05) is 26.2 Å². The number of methoxy groups -OCH3 is 2. The van der Waals surface area contributed by atoms with Crippen molar-refractivity contribution in [3.05, 3.63) is 34.8 Å². The summed E-state index contributed by atoms with van der Waals surface area (Å²) in [4.78, 5) is 17.6. The van der Waals surface area contributed by atoms with Crippen molar-refractivity contribution < 1.29 is 19.4 Å². The van der Waals surface area contributed by atoms with Gasteiger partial charge in [-0.15, -0.1) is 0 Å². The maximum Gasteiger partial charge on any atom is 0.347 e. The predicted octanol–water partition coefficient (Wildman–Crippen LogP) is 2.76. The van der Waals surface area contributed by atoms with E-state index >= 15 is 0 Å². The first-order valence-corrected chi connectivity index (χ1v) is 6.98. The number of thiazole rings is 1. The van der Waals surface area contributed by atoms with E-state index in [4.69, 9.17) is 9.47 Å². The maximum atomic E-state index is 11.2. The monoisotopic (exact) mass is 308 g/mol. The molecule has 0 atom stereocenters. The van der Waals surface area contributed by atoms with Crippen LogP contribution >= 0.6 is 11.3 Å². The number of ether oxygens (including phenoxy) is 2. The van der Waals surface area contributed by atoms with Gasteiger partial charge < -0.3 is 19.5 Å². The summed E-state index contributed by atoms with van der Waals surface area (Å²) < 4.78 is 10.1. The molecule has 0 amide bonds. The number of benzene rings is 1. The molecule has 7 heteroatoms. The molecule has 1 aromatic heterocycles. The van der Waals surface area contributed by atoms with E-state index in [1.54, 1.807) is 7.11 Å². The van der Waals surface area contributed by atoms with E-state index in [1.165, 1.54) is 7.11 Å². The fourth-order valence-electron chi connectivity index (χ4n) is 1.80. The summed E-state index contributed by atoms with van der Waals surface area (Å²) in [6, 6.07) is 7.45. The van der Waals surface area contributed by atoms with Gasteiger partial charge in [0, 0.05) is 19.8 Å². The third kappa shape index (κ3) is 3.32. The number of rotatable bonds is 6. The van der Waals surface area contributed by atoms with Gasteiger partial charge in [0.2, 0.25) is 0 Å². The highest BCUT2D eigenvalue weighted by molar-refractivity contribution is 7.17. The van der Waals surface area contributed by atoms with Crippen molar-refractivity contribution in [2.24, 2.45) is 0 Å². The van der Waals surface area contributed by atoms with Gasteiger partial charge in [0.25, 0.3) is 0 Å². The largest absolute Gasteiger partial charge is 0.497 e. The third-order valence-corrected chi connectivity index (χ3v) is 4.07. The lowest BCUT2D eigenvalue weighted by Gasteiger charge is -2.16. The molecule has 0 bridgehead atoms. The van der Waals surface area contributed by atoms with Gasteiger partial charge in [-0.2, -0.15) is 0 Å². The summed E-state index contributed by atoms with van der Waals surface area (Å²) in [5.74, 6) is -0.230. The third-order valence-electron chi connectivity index (χ3n) is 2.91. The highest BCUT2D eigenvalue weighted by Crippen LogP contribution is 2.31. The lowest BCUT2D eigenvalue weighted by Crippen LogP contribution is -2.09. The molecule has 2 rings (SSSR count). The van der Waals surface area contributed by atoms with Gasteiger partial charge in [-0.1, -0.05) is 11.3 Å². The van der Waals surface area contributed by atoms with Gasteiger partial charge in [-0.05, 0) is 24.3 Å². The van der Waals surface area contributed by atoms with Crippen LogP contribution in [0.4, 0.5) is 10.8 Å². The summed E-state index contributed by atoms with van der Waals surface area (Å²) >= 11 is 1.12. The van der Waals surface area contributed by atoms with Crippen LogP contribution in [0, 0.1) is 0 Å². The number of aromatic nitrogens is 1. The molecule has 0 aliphatic carbocycles. The summed E-state index contributed by atoms with van der Waals surface area (Å²) in [6.07, 6.45) is 0. The molecule has 0 radical (unpaired) electrons. The minimum absolute atomic E-state index is 0.175. The summed E-state index contributed by atoms with van der Waals surface area (Å²) in [7, 11) is 4.95. The summed E-state index contributed by atoms with van der Waals surface area (Å²) in [5, 5.41) is 9.81. The van der Waals surface area contributed by atoms with Gasteiger partial charge in [-0.3, -0.25) is 0 Å². The van der Waals surface area contributed by atoms with Gasteiger partial charge in [0.15, 0.2) is 5.13 Å². The molecular formula is C14H16N2O4S. The molecular weight excluding hydrogens is 292 g/mol. The van der Waals surface area contributed by atoms with Crippen LogP contribution in [0.3, 0.4) is 0 Å². The molecule has 1 N–H and O–H groups in total. The van der Waals surface area contributed by atoms with E-state index in [1.807, 2.05) is 36.2 Å². The van der Waals surface area contributed by atoms with Gasteiger partial charge >= 0.3 is 5.97 Å². The Balaban J connectivity index is 2.31. The highest BCUT2D eigenvalue weighted by atomic mass is 32.1. The van der Waals surface area contributed by atoms with Crippen molar-refractivity contribution in [3.8, 4) is 5.75 Å². The molecule has 0 aliphatic heterocycles. The Labute approximate surface area is 126 Å². The first-order valence-electron chi connectivity index (χ1n) is 6.16. The van der Waals surface area contributed by atoms with E-state index in [0.717, 1.165) is 22.8 Å². The Kier molecular flexibility index (Phi) is 4.77. The van der Waals surface area contributed by atoms with E-state index in [9.17, 15) is 9.90 Å². The molecule has 0 fully saturated rings. The second-order valence-electron chi connectivity index (χ2n) is 4.27. The minimum Gasteiger partial charge on any atom is -0.497 e. The summed E-state index contributed by atoms with van der Waals surface area (Å²) in [6.45, 7) is 0.175. The molecule has 6 nitrogen and oxygen atoms in total. The van der Waals surface area contributed by atoms with Crippen molar-refractivity contribution in [3.63, 3.8) is 0 Å².